The summed E-state index contributed by atoms with van der Waals surface area (Å²) in [5.41, 5.74) is 6.43. The van der Waals surface area contributed by atoms with Crippen molar-refractivity contribution in [3.05, 3.63) is 0 Å². The topological polar surface area (TPSA) is 72.1 Å². The number of carbonyl (C=O) groups excluding carboxylic acids is 1. The Balaban J connectivity index is 1.31. The minimum atomic E-state index is 0.0989. The molecular formula is C18H31N3O4S. The molecule has 0 aromatic rings. The number of carbonyl (C=O) groups is 1. The summed E-state index contributed by atoms with van der Waals surface area (Å²) in [6, 6.07) is 0.444. The molecule has 0 radical (unpaired) electrons. The Hall–Kier alpha value is -0.380. The molecule has 3 saturated heterocycles. The van der Waals surface area contributed by atoms with E-state index >= 15 is 0 Å². The second-order valence-corrected chi connectivity index (χ2v) is 9.24. The lowest BCUT2D eigenvalue weighted by Gasteiger charge is -2.34. The number of rotatable bonds is 6. The van der Waals surface area contributed by atoms with E-state index in [9.17, 15) is 4.79 Å². The van der Waals surface area contributed by atoms with Gasteiger partial charge in [-0.05, 0) is 38.4 Å². The standard InChI is InChI=1S/C18H31N3O4S/c1-12-15(8-19-20-12)21(9-14-3-2-6-26-14)18(22)10-23-13-4-5-16-17(7-13)25-11-24-16/h12-17,19-20H,2-11H2,1H3. The average Bonchev–Trinajstić information content (AvgIpc) is 3.39. The van der Waals surface area contributed by atoms with E-state index in [2.05, 4.69) is 22.7 Å². The highest BCUT2D eigenvalue weighted by atomic mass is 32.2. The summed E-state index contributed by atoms with van der Waals surface area (Å²) in [5, 5.41) is 0.561. The van der Waals surface area contributed by atoms with Crippen LogP contribution in [0.3, 0.4) is 0 Å². The molecule has 2 N–H and O–H groups in total. The van der Waals surface area contributed by atoms with Crippen LogP contribution in [-0.4, -0.2) is 78.7 Å². The third-order valence-corrected chi connectivity index (χ3v) is 7.43. The summed E-state index contributed by atoms with van der Waals surface area (Å²) < 4.78 is 17.2. The second-order valence-electron chi connectivity index (χ2n) is 7.84. The van der Waals surface area contributed by atoms with Crippen LogP contribution in [0.15, 0.2) is 0 Å². The maximum absolute atomic E-state index is 13.0. The molecule has 1 saturated carbocycles. The van der Waals surface area contributed by atoms with Crippen LogP contribution >= 0.6 is 11.8 Å². The van der Waals surface area contributed by atoms with Crippen LogP contribution in [0.4, 0.5) is 0 Å². The monoisotopic (exact) mass is 385 g/mol. The van der Waals surface area contributed by atoms with Crippen LogP contribution in [0.2, 0.25) is 0 Å². The highest BCUT2D eigenvalue weighted by Gasteiger charge is 2.38. The van der Waals surface area contributed by atoms with Crippen LogP contribution in [0.1, 0.15) is 39.0 Å². The molecule has 4 rings (SSSR count). The highest BCUT2D eigenvalue weighted by molar-refractivity contribution is 8.00. The Labute approximate surface area is 159 Å². The number of hydrogen-bond donors (Lipinski definition) is 2. The third kappa shape index (κ3) is 4.36. The number of hydrogen-bond acceptors (Lipinski definition) is 7. The van der Waals surface area contributed by atoms with Crippen molar-refractivity contribution < 1.29 is 19.0 Å². The molecular weight excluding hydrogens is 354 g/mol. The smallest absolute Gasteiger partial charge is 0.248 e. The van der Waals surface area contributed by atoms with Gasteiger partial charge in [0, 0.05) is 30.8 Å². The van der Waals surface area contributed by atoms with Gasteiger partial charge in [0.1, 0.15) is 13.4 Å². The van der Waals surface area contributed by atoms with Crippen molar-refractivity contribution in [1.29, 1.82) is 0 Å². The lowest BCUT2D eigenvalue weighted by molar-refractivity contribution is -0.142. The van der Waals surface area contributed by atoms with Crippen molar-refractivity contribution in [3.63, 3.8) is 0 Å². The zero-order valence-corrected chi connectivity index (χ0v) is 16.3. The number of nitrogens with zero attached hydrogens (tertiary/aromatic N) is 1. The Bertz CT molecular complexity index is 491. The van der Waals surface area contributed by atoms with Gasteiger partial charge < -0.3 is 19.1 Å². The van der Waals surface area contributed by atoms with Crippen molar-refractivity contribution >= 4 is 17.7 Å². The summed E-state index contributed by atoms with van der Waals surface area (Å²) in [6.07, 6.45) is 5.66. The second kappa shape index (κ2) is 8.75. The number of nitrogens with one attached hydrogen (secondary N) is 2. The summed E-state index contributed by atoms with van der Waals surface area (Å²) in [5.74, 6) is 1.33. The maximum atomic E-state index is 13.0. The largest absolute Gasteiger partial charge is 0.368 e. The molecule has 4 aliphatic rings. The van der Waals surface area contributed by atoms with Gasteiger partial charge in [-0.25, -0.2) is 0 Å². The molecule has 0 aromatic heterocycles. The molecule has 0 bridgehead atoms. The predicted octanol–water partition coefficient (Wildman–Crippen LogP) is 0.886. The molecule has 6 atom stereocenters. The van der Waals surface area contributed by atoms with Crippen molar-refractivity contribution in [2.45, 2.75) is 74.7 Å². The van der Waals surface area contributed by atoms with E-state index < -0.39 is 0 Å². The number of thioether (sulfide) groups is 1. The van der Waals surface area contributed by atoms with E-state index in [1.807, 2.05) is 11.8 Å². The highest BCUT2D eigenvalue weighted by Crippen LogP contribution is 2.30. The van der Waals surface area contributed by atoms with Gasteiger partial charge in [-0.15, -0.1) is 0 Å². The Morgan fingerprint density at radius 2 is 2.15 bits per heavy atom. The Morgan fingerprint density at radius 1 is 1.27 bits per heavy atom. The van der Waals surface area contributed by atoms with Gasteiger partial charge in [0.25, 0.3) is 0 Å². The number of ether oxygens (including phenoxy) is 3. The van der Waals surface area contributed by atoms with E-state index in [1.165, 1.54) is 18.6 Å². The molecule has 0 spiro atoms. The first-order chi connectivity index (χ1) is 12.7. The average molecular weight is 386 g/mol. The van der Waals surface area contributed by atoms with E-state index in [1.54, 1.807) is 0 Å². The van der Waals surface area contributed by atoms with Crippen molar-refractivity contribution in [1.82, 2.24) is 15.8 Å². The molecule has 148 valence electrons. The first kappa shape index (κ1) is 19.0. The molecule has 7 nitrogen and oxygen atoms in total. The van der Waals surface area contributed by atoms with Gasteiger partial charge in [-0.1, -0.05) is 0 Å². The summed E-state index contributed by atoms with van der Waals surface area (Å²) >= 11 is 2.00. The fraction of sp³-hybridized carbons (Fsp3) is 0.944. The Kier molecular flexibility index (Phi) is 6.38. The van der Waals surface area contributed by atoms with E-state index in [0.29, 0.717) is 12.0 Å². The molecule has 6 unspecified atom stereocenters. The zero-order valence-electron chi connectivity index (χ0n) is 15.5. The first-order valence-electron chi connectivity index (χ1n) is 9.95. The van der Waals surface area contributed by atoms with Gasteiger partial charge in [-0.3, -0.25) is 15.6 Å². The van der Waals surface area contributed by atoms with Crippen LogP contribution in [-0.2, 0) is 19.0 Å². The van der Waals surface area contributed by atoms with Crippen molar-refractivity contribution in [2.24, 2.45) is 0 Å². The first-order valence-corrected chi connectivity index (χ1v) is 11.0. The van der Waals surface area contributed by atoms with E-state index in [0.717, 1.165) is 32.4 Å². The van der Waals surface area contributed by atoms with Gasteiger partial charge in [0.05, 0.1) is 24.4 Å². The molecule has 3 heterocycles. The fourth-order valence-corrected chi connectivity index (χ4v) is 5.74. The van der Waals surface area contributed by atoms with Crippen molar-refractivity contribution in [2.75, 3.05) is 32.2 Å². The van der Waals surface area contributed by atoms with Crippen LogP contribution in [0.5, 0.6) is 0 Å². The Morgan fingerprint density at radius 3 is 2.92 bits per heavy atom. The number of amides is 1. The molecule has 3 aliphatic heterocycles. The zero-order chi connectivity index (χ0) is 17.9. The third-order valence-electron chi connectivity index (χ3n) is 6.05. The van der Waals surface area contributed by atoms with Crippen LogP contribution in [0.25, 0.3) is 0 Å². The number of fused-ring (bicyclic) bond motifs is 1. The molecule has 1 amide bonds. The quantitative estimate of drug-likeness (QED) is 0.703. The van der Waals surface area contributed by atoms with Crippen molar-refractivity contribution in [3.8, 4) is 0 Å². The molecule has 26 heavy (non-hydrogen) atoms. The fourth-order valence-electron chi connectivity index (χ4n) is 4.48. The number of hydrazine groups is 1. The summed E-state index contributed by atoms with van der Waals surface area (Å²) in [4.78, 5) is 15.1. The molecule has 8 heteroatoms. The van der Waals surface area contributed by atoms with Gasteiger partial charge in [0.15, 0.2) is 0 Å². The lowest BCUT2D eigenvalue weighted by atomic mass is 9.92. The van der Waals surface area contributed by atoms with Crippen LogP contribution < -0.4 is 10.9 Å². The molecule has 1 aliphatic carbocycles. The SMILES string of the molecule is CC1NNCC1N(CC1CCCS1)C(=O)COC1CCC2OCOC2C1. The minimum absolute atomic E-state index is 0.0989. The lowest BCUT2D eigenvalue weighted by Crippen LogP contribution is -2.51. The van der Waals surface area contributed by atoms with Crippen LogP contribution in [0, 0.1) is 0 Å². The van der Waals surface area contributed by atoms with Gasteiger partial charge in [0.2, 0.25) is 5.91 Å². The normalized spacial score (nSPS) is 39.9. The molecule has 4 fully saturated rings. The van der Waals surface area contributed by atoms with E-state index in [-0.39, 0.29) is 42.9 Å². The minimum Gasteiger partial charge on any atom is -0.368 e. The van der Waals surface area contributed by atoms with E-state index in [4.69, 9.17) is 14.2 Å². The predicted molar refractivity (Wildman–Crippen MR) is 99.8 cm³/mol. The van der Waals surface area contributed by atoms with Gasteiger partial charge in [-0.2, -0.15) is 11.8 Å². The maximum Gasteiger partial charge on any atom is 0.248 e. The van der Waals surface area contributed by atoms with Gasteiger partial charge >= 0.3 is 0 Å². The summed E-state index contributed by atoms with van der Waals surface area (Å²) in [7, 11) is 0. The summed E-state index contributed by atoms with van der Waals surface area (Å²) in [6.45, 7) is 4.32. The molecule has 0 aromatic carbocycles.